The van der Waals surface area contributed by atoms with Crippen LogP contribution in [0.2, 0.25) is 0 Å². The van der Waals surface area contributed by atoms with Crippen molar-refractivity contribution >= 4 is 115 Å². The third kappa shape index (κ3) is 28.3. The van der Waals surface area contributed by atoms with Crippen molar-refractivity contribution < 1.29 is 82.4 Å². The Balaban J connectivity index is 1.47. The molecule has 0 bridgehead atoms. The van der Waals surface area contributed by atoms with Crippen molar-refractivity contribution in [1.29, 1.82) is 0 Å². The maximum absolute atomic E-state index is 15.4. The van der Waals surface area contributed by atoms with E-state index in [4.69, 9.17) is 22.9 Å². The second kappa shape index (κ2) is 44.6. The monoisotopic (exact) mass is 1540 g/mol. The average molecular weight is 1540 g/mol. The number of primary amides is 1. The SMILES string of the molecule is C[C@H](N)C(=O)NCC(=O)N[C@H]1CSSC[C@@H](C(=O)O)NC(=O)[C@H](CO)NC(=O)[C@H]([C@@H](C)O)NC(=O)[C@H](Cc2ccccc2)NC(=O)[C@H](CCCCN)NC(=O)[C@H](Cc2c[nH]c3ccccc23)NC(=O)[C@H](Cc2ccccc2)NC(=O)[C@H](Cc2ccccc2)NC(=O)[C@H](CC(N)=O)NC(=O)[C@H](CCCCN)NC1=O. The van der Waals surface area contributed by atoms with Gasteiger partial charge in [0.1, 0.15) is 66.5 Å². The Hall–Kier alpha value is -10.5. The quantitative estimate of drug-likeness (QED) is 0.0197. The van der Waals surface area contributed by atoms with Gasteiger partial charge in [0, 0.05) is 54.3 Å². The number of carboxylic acid groups (broad SMARTS) is 1. The van der Waals surface area contributed by atoms with E-state index in [1.807, 2.05) is 0 Å². The summed E-state index contributed by atoms with van der Waals surface area (Å²) in [6.07, 6.45) is -1.23. The summed E-state index contributed by atoms with van der Waals surface area (Å²) in [4.78, 5) is 202. The van der Waals surface area contributed by atoms with E-state index in [0.717, 1.165) is 28.5 Å². The number of nitrogens with two attached hydrogens (primary N) is 4. The summed E-state index contributed by atoms with van der Waals surface area (Å²) in [5.74, 6) is -15.9. The zero-order valence-electron chi connectivity index (χ0n) is 59.8. The van der Waals surface area contributed by atoms with Crippen LogP contribution in [0.1, 0.15) is 81.0 Å². The molecule has 2 heterocycles. The second-order valence-corrected chi connectivity index (χ2v) is 28.4. The summed E-state index contributed by atoms with van der Waals surface area (Å²) in [6.45, 7) is 0.892. The van der Waals surface area contributed by atoms with Crippen LogP contribution in [-0.2, 0) is 92.8 Å². The highest BCUT2D eigenvalue weighted by Gasteiger charge is 2.39. The molecule has 5 aromatic rings. The number of rotatable bonds is 25. The van der Waals surface area contributed by atoms with Crippen molar-refractivity contribution in [2.45, 2.75) is 163 Å². The lowest BCUT2D eigenvalue weighted by Crippen LogP contribution is -2.62. The lowest BCUT2D eigenvalue weighted by Gasteiger charge is -2.29. The van der Waals surface area contributed by atoms with Crippen LogP contribution in [0.4, 0.5) is 0 Å². The Kier molecular flexibility index (Phi) is 35.7. The van der Waals surface area contributed by atoms with Crippen LogP contribution >= 0.6 is 21.6 Å². The van der Waals surface area contributed by atoms with E-state index in [1.54, 1.807) is 121 Å². The van der Waals surface area contributed by atoms with Crippen LogP contribution < -0.4 is 86.7 Å². The molecule has 0 saturated carbocycles. The molecule has 6 rings (SSSR count). The number of amides is 13. The predicted molar refractivity (Wildman–Crippen MR) is 401 cm³/mol. The smallest absolute Gasteiger partial charge is 0.327 e. The molecular formula is C72H97N17O17S2. The molecular weight excluding hydrogens is 1440 g/mol. The first kappa shape index (κ1) is 86.4. The minimum Gasteiger partial charge on any atom is -0.480 e. The van der Waals surface area contributed by atoms with Crippen molar-refractivity contribution in [3.05, 3.63) is 144 Å². The number of aromatic amines is 1. The molecule has 1 aromatic heterocycles. The van der Waals surface area contributed by atoms with Gasteiger partial charge in [0.15, 0.2) is 0 Å². The summed E-state index contributed by atoms with van der Waals surface area (Å²) in [5.41, 5.74) is 25.8. The first-order chi connectivity index (χ1) is 51.7. The molecule has 4 aromatic carbocycles. The van der Waals surface area contributed by atoms with Crippen molar-refractivity contribution in [1.82, 2.24) is 68.8 Å². The van der Waals surface area contributed by atoms with Gasteiger partial charge in [-0.25, -0.2) is 4.79 Å². The number of H-pyrrole nitrogens is 1. The third-order valence-corrected chi connectivity index (χ3v) is 19.6. The summed E-state index contributed by atoms with van der Waals surface area (Å²) in [5, 5.41) is 62.8. The van der Waals surface area contributed by atoms with Crippen molar-refractivity contribution in [3.8, 4) is 0 Å². The molecule has 0 radical (unpaired) electrons. The molecule has 34 nitrogen and oxygen atoms in total. The van der Waals surface area contributed by atoms with Gasteiger partial charge in [-0.15, -0.1) is 0 Å². The standard InChI is InChI=1S/C72H97N17O17S2/c1-40(75)61(94)78-36-59(93)79-56-38-107-108-39-57(72(105)106)88-69(102)55(37-90)87-71(104)60(41(2)91)89-68(101)52(32-44-22-10-5-11-23-44)82-62(95)48(26-14-16-28-73)80-66(99)53(33-45-35-77-47-25-13-12-24-46(45)47)85-65(98)51(31-43-20-8-4-9-21-43)83-64(97)50(30-42-18-6-3-7-19-42)84-67(100)54(34-58(76)92)86-63(96)49(81-70(56)103)27-15-17-29-74/h3-13,18-25,35,40-41,48-57,60,77,90-91H,14-17,26-34,36-39,73-75H2,1-2H3,(H2,76,92)(H,78,94)(H,79,93)(H,80,99)(H,81,103)(H,82,95)(H,83,97)(H,84,100)(H,85,98)(H,86,96)(H,87,104)(H,88,102)(H,89,101)(H,105,106)/t40-,41+,48-,49-,50-,51-,52-,53-,54-,55-,56-,57-,60-/m0/s1. The number of fused-ring (bicyclic) bond motifs is 1. The fraction of sp³-hybridized carbons (Fsp3) is 0.444. The lowest BCUT2D eigenvalue weighted by molar-refractivity contribution is -0.142. The number of carbonyl (C=O) groups is 14. The number of hydrogen-bond acceptors (Lipinski definition) is 21. The molecule has 0 aliphatic carbocycles. The molecule has 0 spiro atoms. The van der Waals surface area contributed by atoms with Gasteiger partial charge < -0.3 is 107 Å². The number of nitrogens with one attached hydrogen (secondary N) is 13. The van der Waals surface area contributed by atoms with E-state index in [-0.39, 0.29) is 64.5 Å². The summed E-state index contributed by atoms with van der Waals surface area (Å²) in [7, 11) is 1.54. The lowest BCUT2D eigenvalue weighted by atomic mass is 10.00. The van der Waals surface area contributed by atoms with E-state index in [0.29, 0.717) is 46.0 Å². The maximum Gasteiger partial charge on any atom is 0.327 e. The van der Waals surface area contributed by atoms with Gasteiger partial charge in [-0.3, -0.25) is 62.3 Å². The number of hydrogen-bond donors (Lipinski definition) is 20. The second-order valence-electron chi connectivity index (χ2n) is 25.9. The number of carboxylic acids is 1. The third-order valence-electron chi connectivity index (χ3n) is 17.2. The van der Waals surface area contributed by atoms with Crippen LogP contribution in [0.25, 0.3) is 10.9 Å². The number of aliphatic hydroxyl groups excluding tert-OH is 2. The number of aliphatic carboxylic acids is 1. The zero-order chi connectivity index (χ0) is 78.8. The Labute approximate surface area is 631 Å². The molecule has 36 heteroatoms. The van der Waals surface area contributed by atoms with Crippen LogP contribution in [0.3, 0.4) is 0 Å². The van der Waals surface area contributed by atoms with Gasteiger partial charge in [0.05, 0.1) is 31.7 Å². The number of aromatic nitrogens is 1. The molecule has 13 amide bonds. The molecule has 0 unspecified atom stereocenters. The Morgan fingerprint density at radius 2 is 0.907 bits per heavy atom. The summed E-state index contributed by atoms with van der Waals surface area (Å²) < 4.78 is 0. The number of unbranched alkanes of at least 4 members (excludes halogenated alkanes) is 2. The fourth-order valence-corrected chi connectivity index (χ4v) is 13.6. The van der Waals surface area contributed by atoms with E-state index in [9.17, 15) is 68.1 Å². The molecule has 1 aliphatic rings. The minimum atomic E-state index is -1.93. The normalized spacial score (nSPS) is 23.2. The summed E-state index contributed by atoms with van der Waals surface area (Å²) in [6, 6.07) is 12.5. The highest BCUT2D eigenvalue weighted by atomic mass is 33.1. The molecule has 1 saturated heterocycles. The topological polar surface area (TPSA) is 564 Å². The number of carbonyl (C=O) groups excluding carboxylic acids is 13. The van der Waals surface area contributed by atoms with Crippen molar-refractivity contribution in [3.63, 3.8) is 0 Å². The van der Waals surface area contributed by atoms with E-state index < -0.39 is 192 Å². The molecule has 584 valence electrons. The van der Waals surface area contributed by atoms with Gasteiger partial charge in [-0.1, -0.05) is 131 Å². The largest absolute Gasteiger partial charge is 0.480 e. The molecule has 108 heavy (non-hydrogen) atoms. The highest BCUT2D eigenvalue weighted by Crippen LogP contribution is 2.24. The van der Waals surface area contributed by atoms with Crippen LogP contribution in [0, 0.1) is 0 Å². The van der Waals surface area contributed by atoms with Gasteiger partial charge in [-0.05, 0) is 93.8 Å². The highest BCUT2D eigenvalue weighted by molar-refractivity contribution is 8.76. The number of para-hydroxylation sites is 1. The van der Waals surface area contributed by atoms with Crippen molar-refractivity contribution in [2.75, 3.05) is 37.7 Å². The molecule has 1 aliphatic heterocycles. The van der Waals surface area contributed by atoms with Gasteiger partial charge >= 0.3 is 5.97 Å². The van der Waals surface area contributed by atoms with Gasteiger partial charge in [0.2, 0.25) is 76.8 Å². The first-order valence-corrected chi connectivity index (χ1v) is 37.6. The van der Waals surface area contributed by atoms with Crippen LogP contribution in [-0.4, -0.2) is 219 Å². The average Bonchev–Trinajstić information content (AvgIpc) is 1.61. The molecule has 13 atom stereocenters. The minimum absolute atomic E-state index is 0.0955. The molecule has 24 N–H and O–H groups in total. The predicted octanol–water partition coefficient (Wildman–Crippen LogP) is -3.78. The Morgan fingerprint density at radius 3 is 1.37 bits per heavy atom. The van der Waals surface area contributed by atoms with Gasteiger partial charge in [-0.2, -0.15) is 0 Å². The van der Waals surface area contributed by atoms with E-state index >= 15 is 14.4 Å². The number of benzene rings is 4. The van der Waals surface area contributed by atoms with Crippen LogP contribution in [0.5, 0.6) is 0 Å². The zero-order valence-corrected chi connectivity index (χ0v) is 61.4. The van der Waals surface area contributed by atoms with Gasteiger partial charge in [0.25, 0.3) is 0 Å². The Bertz CT molecular complexity index is 3880. The fourth-order valence-electron chi connectivity index (χ4n) is 11.3. The van der Waals surface area contributed by atoms with Crippen LogP contribution in [0.15, 0.2) is 121 Å². The maximum atomic E-state index is 15.4. The summed E-state index contributed by atoms with van der Waals surface area (Å²) >= 11 is 0. The molecule has 1 fully saturated rings. The van der Waals surface area contributed by atoms with E-state index in [1.165, 1.54) is 6.92 Å². The van der Waals surface area contributed by atoms with Crippen molar-refractivity contribution in [2.24, 2.45) is 22.9 Å². The first-order valence-electron chi connectivity index (χ1n) is 35.2. The van der Waals surface area contributed by atoms with E-state index in [2.05, 4.69) is 68.8 Å². The number of aliphatic hydroxyl groups is 2. The Morgan fingerprint density at radius 1 is 0.500 bits per heavy atom.